The van der Waals surface area contributed by atoms with E-state index in [2.05, 4.69) is 10.1 Å². The first kappa shape index (κ1) is 10.4. The van der Waals surface area contributed by atoms with Crippen molar-refractivity contribution in [1.82, 2.24) is 14.8 Å². The Hall–Kier alpha value is -2.17. The summed E-state index contributed by atoms with van der Waals surface area (Å²) in [6.07, 6.45) is 5.20. The van der Waals surface area contributed by atoms with Gasteiger partial charge in [0.2, 0.25) is 0 Å². The fraction of sp³-hybridized carbons (Fsp3) is 0.182. The van der Waals surface area contributed by atoms with Crippen LogP contribution in [-0.4, -0.2) is 20.6 Å². The number of hydrogen-bond acceptors (Lipinski definition) is 3. The highest BCUT2D eigenvalue weighted by Crippen LogP contribution is 2.20. The summed E-state index contributed by atoms with van der Waals surface area (Å²) >= 11 is 0. The molecule has 0 radical (unpaired) electrons. The van der Waals surface area contributed by atoms with Gasteiger partial charge in [-0.3, -0.25) is 15.1 Å². The number of nitrogens with one attached hydrogen (secondary N) is 1. The molecule has 5 nitrogen and oxygen atoms in total. The Bertz CT molecular complexity index is 500. The molecule has 16 heavy (non-hydrogen) atoms. The van der Waals surface area contributed by atoms with Crippen LogP contribution in [0.1, 0.15) is 12.5 Å². The summed E-state index contributed by atoms with van der Waals surface area (Å²) in [5.74, 6) is 0.0264. The van der Waals surface area contributed by atoms with Crippen LogP contribution in [0.3, 0.4) is 0 Å². The van der Waals surface area contributed by atoms with E-state index >= 15 is 0 Å². The summed E-state index contributed by atoms with van der Waals surface area (Å²) in [7, 11) is 0. The minimum atomic E-state index is 0.0264. The Balaban J connectivity index is 2.55. The third kappa shape index (κ3) is 1.79. The molecule has 2 rings (SSSR count). The number of nitrogen functional groups attached to an aromatic ring is 1. The molecule has 2 aromatic heterocycles. The summed E-state index contributed by atoms with van der Waals surface area (Å²) in [5, 5.41) is 11.9. The molecular weight excluding hydrogens is 202 g/mol. The number of rotatable bonds is 3. The molecule has 0 aliphatic carbocycles. The first-order valence-corrected chi connectivity index (χ1v) is 5.04. The molecule has 5 heteroatoms. The van der Waals surface area contributed by atoms with Gasteiger partial charge in [0, 0.05) is 30.7 Å². The second-order valence-corrected chi connectivity index (χ2v) is 3.40. The first-order chi connectivity index (χ1) is 7.72. The van der Waals surface area contributed by atoms with E-state index in [0.717, 1.165) is 12.1 Å². The minimum Gasteiger partial charge on any atom is -0.384 e. The standard InChI is InChI=1S/C11H13N5/c1-2-16-7-9(11(12)13)10(15-16)8-4-3-5-14-6-8/h3-7H,2H2,1H3,(H3,12,13). The maximum absolute atomic E-state index is 7.52. The number of pyridine rings is 1. The molecule has 0 unspecified atom stereocenters. The van der Waals surface area contributed by atoms with Gasteiger partial charge >= 0.3 is 0 Å². The van der Waals surface area contributed by atoms with Crippen LogP contribution in [0.4, 0.5) is 0 Å². The minimum absolute atomic E-state index is 0.0264. The molecule has 0 saturated heterocycles. The molecule has 0 fully saturated rings. The lowest BCUT2D eigenvalue weighted by Gasteiger charge is -1.98. The number of aryl methyl sites for hydroxylation is 1. The zero-order valence-electron chi connectivity index (χ0n) is 9.01. The molecule has 0 bridgehead atoms. The number of nitrogens with zero attached hydrogens (tertiary/aromatic N) is 3. The summed E-state index contributed by atoms with van der Waals surface area (Å²) in [6.45, 7) is 2.74. The van der Waals surface area contributed by atoms with Gasteiger partial charge in [0.25, 0.3) is 0 Å². The summed E-state index contributed by atoms with van der Waals surface area (Å²) < 4.78 is 1.76. The van der Waals surface area contributed by atoms with Gasteiger partial charge in [-0.25, -0.2) is 0 Å². The molecule has 0 spiro atoms. The average molecular weight is 215 g/mol. The van der Waals surface area contributed by atoms with E-state index in [1.54, 1.807) is 23.3 Å². The Morgan fingerprint density at radius 2 is 2.38 bits per heavy atom. The molecule has 82 valence electrons. The van der Waals surface area contributed by atoms with Gasteiger partial charge < -0.3 is 5.73 Å². The predicted octanol–water partition coefficient (Wildman–Crippen LogP) is 1.25. The lowest BCUT2D eigenvalue weighted by Crippen LogP contribution is -2.11. The van der Waals surface area contributed by atoms with Gasteiger partial charge in [-0.1, -0.05) is 0 Å². The molecule has 2 aromatic rings. The zero-order valence-corrected chi connectivity index (χ0v) is 9.01. The normalized spacial score (nSPS) is 10.3. The van der Waals surface area contributed by atoms with Crippen LogP contribution in [0, 0.1) is 5.41 Å². The van der Waals surface area contributed by atoms with E-state index in [9.17, 15) is 0 Å². The van der Waals surface area contributed by atoms with E-state index < -0.39 is 0 Å². The zero-order chi connectivity index (χ0) is 11.5. The van der Waals surface area contributed by atoms with E-state index in [-0.39, 0.29) is 5.84 Å². The van der Waals surface area contributed by atoms with Crippen molar-refractivity contribution < 1.29 is 0 Å². The molecule has 0 saturated carbocycles. The summed E-state index contributed by atoms with van der Waals surface area (Å²) in [6, 6.07) is 3.74. The highest BCUT2D eigenvalue weighted by Gasteiger charge is 2.12. The molecule has 3 N–H and O–H groups in total. The predicted molar refractivity (Wildman–Crippen MR) is 62.1 cm³/mol. The number of nitrogens with two attached hydrogens (primary N) is 1. The van der Waals surface area contributed by atoms with Crippen molar-refractivity contribution in [2.45, 2.75) is 13.5 Å². The number of aromatic nitrogens is 3. The second kappa shape index (κ2) is 4.14. The highest BCUT2D eigenvalue weighted by atomic mass is 15.3. The Morgan fingerprint density at radius 1 is 1.56 bits per heavy atom. The molecule has 0 aliphatic rings. The van der Waals surface area contributed by atoms with E-state index in [1.165, 1.54) is 0 Å². The molecule has 2 heterocycles. The van der Waals surface area contributed by atoms with Gasteiger partial charge in [0.05, 0.1) is 5.56 Å². The first-order valence-electron chi connectivity index (χ1n) is 5.04. The van der Waals surface area contributed by atoms with Crippen molar-refractivity contribution in [1.29, 1.82) is 5.41 Å². The average Bonchev–Trinajstić information content (AvgIpc) is 2.74. The lowest BCUT2D eigenvalue weighted by molar-refractivity contribution is 0.662. The number of amidine groups is 1. The molecular formula is C11H13N5. The maximum atomic E-state index is 7.52. The third-order valence-corrected chi connectivity index (χ3v) is 2.31. The van der Waals surface area contributed by atoms with Gasteiger partial charge in [-0.2, -0.15) is 5.10 Å². The van der Waals surface area contributed by atoms with Crippen LogP contribution in [0.2, 0.25) is 0 Å². The SMILES string of the molecule is CCn1cc(C(=N)N)c(-c2cccnc2)n1. The lowest BCUT2D eigenvalue weighted by atomic mass is 10.1. The van der Waals surface area contributed by atoms with Crippen LogP contribution in [0.15, 0.2) is 30.7 Å². The maximum Gasteiger partial charge on any atom is 0.126 e. The monoisotopic (exact) mass is 215 g/mol. The van der Waals surface area contributed by atoms with E-state index in [0.29, 0.717) is 11.3 Å². The second-order valence-electron chi connectivity index (χ2n) is 3.40. The topological polar surface area (TPSA) is 80.6 Å². The van der Waals surface area contributed by atoms with Crippen LogP contribution in [0.25, 0.3) is 11.3 Å². The van der Waals surface area contributed by atoms with Crippen LogP contribution < -0.4 is 5.73 Å². The van der Waals surface area contributed by atoms with E-state index in [4.69, 9.17) is 11.1 Å². The van der Waals surface area contributed by atoms with Crippen molar-refractivity contribution >= 4 is 5.84 Å². The van der Waals surface area contributed by atoms with Gasteiger partial charge in [0.1, 0.15) is 11.5 Å². The molecule has 0 amide bonds. The fourth-order valence-electron chi connectivity index (χ4n) is 1.50. The van der Waals surface area contributed by atoms with E-state index in [1.807, 2.05) is 19.1 Å². The van der Waals surface area contributed by atoms with Crippen molar-refractivity contribution in [3.05, 3.63) is 36.3 Å². The quantitative estimate of drug-likeness (QED) is 0.597. The van der Waals surface area contributed by atoms with Crippen molar-refractivity contribution in [2.24, 2.45) is 5.73 Å². The molecule has 0 atom stereocenters. The summed E-state index contributed by atoms with van der Waals surface area (Å²) in [5.41, 5.74) is 7.76. The highest BCUT2D eigenvalue weighted by molar-refractivity contribution is 6.00. The smallest absolute Gasteiger partial charge is 0.126 e. The van der Waals surface area contributed by atoms with Crippen LogP contribution >= 0.6 is 0 Å². The Kier molecular flexibility index (Phi) is 2.68. The fourth-order valence-corrected chi connectivity index (χ4v) is 1.50. The van der Waals surface area contributed by atoms with Gasteiger partial charge in [0.15, 0.2) is 0 Å². The third-order valence-electron chi connectivity index (χ3n) is 2.31. The summed E-state index contributed by atoms with van der Waals surface area (Å²) in [4.78, 5) is 4.04. The van der Waals surface area contributed by atoms with Gasteiger partial charge in [-0.05, 0) is 19.1 Å². The Labute approximate surface area is 93.4 Å². The molecule has 0 aliphatic heterocycles. The van der Waals surface area contributed by atoms with Crippen LogP contribution in [-0.2, 0) is 6.54 Å². The Morgan fingerprint density at radius 3 is 2.94 bits per heavy atom. The van der Waals surface area contributed by atoms with Crippen molar-refractivity contribution in [3.63, 3.8) is 0 Å². The van der Waals surface area contributed by atoms with Crippen LogP contribution in [0.5, 0.6) is 0 Å². The van der Waals surface area contributed by atoms with Crippen molar-refractivity contribution in [2.75, 3.05) is 0 Å². The largest absolute Gasteiger partial charge is 0.384 e. The van der Waals surface area contributed by atoms with Gasteiger partial charge in [-0.15, -0.1) is 0 Å². The number of hydrogen-bond donors (Lipinski definition) is 2. The molecule has 0 aromatic carbocycles. The van der Waals surface area contributed by atoms with Crippen molar-refractivity contribution in [3.8, 4) is 11.3 Å².